The Hall–Kier alpha value is -0.410. The van der Waals surface area contributed by atoms with Crippen LogP contribution in [0.4, 0.5) is 4.39 Å². The van der Waals surface area contributed by atoms with E-state index in [1.165, 1.54) is 19.3 Å². The van der Waals surface area contributed by atoms with Crippen LogP contribution in [-0.2, 0) is 0 Å². The highest BCUT2D eigenvalue weighted by molar-refractivity contribution is 9.10. The first-order valence-corrected chi connectivity index (χ1v) is 7.05. The van der Waals surface area contributed by atoms with Crippen molar-refractivity contribution in [1.29, 1.82) is 0 Å². The van der Waals surface area contributed by atoms with E-state index in [-0.39, 0.29) is 11.9 Å². The van der Waals surface area contributed by atoms with Gasteiger partial charge in [-0.25, -0.2) is 4.39 Å². The molecular formula is C14H19BrFN. The van der Waals surface area contributed by atoms with Crippen LogP contribution in [0.25, 0.3) is 0 Å². The Bertz CT molecular complexity index is 394. The molecule has 1 saturated carbocycles. The molecule has 1 fully saturated rings. The lowest BCUT2D eigenvalue weighted by atomic mass is 9.86. The van der Waals surface area contributed by atoms with Gasteiger partial charge in [-0.2, -0.15) is 0 Å². The summed E-state index contributed by atoms with van der Waals surface area (Å²) in [4.78, 5) is 0. The molecule has 0 aromatic heterocycles. The first-order valence-electron chi connectivity index (χ1n) is 6.26. The van der Waals surface area contributed by atoms with Crippen molar-refractivity contribution in [1.82, 2.24) is 5.32 Å². The minimum atomic E-state index is -0.119. The Morgan fingerprint density at radius 2 is 2.18 bits per heavy atom. The number of nitrogens with one attached hydrogen (secondary N) is 1. The number of hydrogen-bond donors (Lipinski definition) is 1. The second-order valence-electron chi connectivity index (χ2n) is 4.98. The quantitative estimate of drug-likeness (QED) is 0.878. The van der Waals surface area contributed by atoms with E-state index in [0.717, 1.165) is 5.56 Å². The highest BCUT2D eigenvalue weighted by atomic mass is 79.9. The number of benzene rings is 1. The lowest BCUT2D eigenvalue weighted by molar-refractivity contribution is 0.308. The van der Waals surface area contributed by atoms with E-state index >= 15 is 0 Å². The van der Waals surface area contributed by atoms with Crippen LogP contribution in [0.15, 0.2) is 22.7 Å². The summed E-state index contributed by atoms with van der Waals surface area (Å²) in [6.07, 6.45) is 3.72. The molecule has 1 aromatic rings. The third kappa shape index (κ3) is 2.55. The van der Waals surface area contributed by atoms with Gasteiger partial charge in [0.05, 0.1) is 4.47 Å². The van der Waals surface area contributed by atoms with E-state index in [1.807, 2.05) is 19.2 Å². The van der Waals surface area contributed by atoms with Crippen LogP contribution in [0.2, 0.25) is 0 Å². The summed E-state index contributed by atoms with van der Waals surface area (Å²) in [5.74, 6) is 1.10. The lowest BCUT2D eigenvalue weighted by Gasteiger charge is -2.27. The summed E-state index contributed by atoms with van der Waals surface area (Å²) in [6, 6.07) is 5.69. The second kappa shape index (κ2) is 5.49. The highest BCUT2D eigenvalue weighted by Gasteiger charge is 2.32. The predicted molar refractivity (Wildman–Crippen MR) is 72.4 cm³/mol. The van der Waals surface area contributed by atoms with E-state index in [2.05, 4.69) is 28.2 Å². The molecule has 1 aliphatic carbocycles. The summed E-state index contributed by atoms with van der Waals surface area (Å²) in [7, 11) is 1.93. The zero-order valence-electron chi connectivity index (χ0n) is 10.3. The van der Waals surface area contributed by atoms with E-state index in [9.17, 15) is 4.39 Å². The molecule has 3 atom stereocenters. The molecule has 3 unspecified atom stereocenters. The summed E-state index contributed by atoms with van der Waals surface area (Å²) in [5.41, 5.74) is 0.792. The van der Waals surface area contributed by atoms with Crippen molar-refractivity contribution >= 4 is 15.9 Å². The molecule has 0 heterocycles. The van der Waals surface area contributed by atoms with Gasteiger partial charge in [-0.05, 0) is 47.3 Å². The van der Waals surface area contributed by atoms with E-state index in [0.29, 0.717) is 16.3 Å². The van der Waals surface area contributed by atoms with Gasteiger partial charge in [0.1, 0.15) is 5.82 Å². The van der Waals surface area contributed by atoms with Crippen molar-refractivity contribution in [2.75, 3.05) is 7.05 Å². The van der Waals surface area contributed by atoms with Gasteiger partial charge in [0.15, 0.2) is 0 Å². The van der Waals surface area contributed by atoms with Crippen molar-refractivity contribution in [2.45, 2.75) is 32.2 Å². The number of hydrogen-bond acceptors (Lipinski definition) is 1. The van der Waals surface area contributed by atoms with Gasteiger partial charge in [-0.3, -0.25) is 0 Å². The molecule has 0 saturated heterocycles. The largest absolute Gasteiger partial charge is 0.313 e. The topological polar surface area (TPSA) is 12.0 Å². The zero-order valence-corrected chi connectivity index (χ0v) is 11.9. The normalized spacial score (nSPS) is 26.1. The molecule has 0 amide bonds. The monoisotopic (exact) mass is 299 g/mol. The molecule has 17 heavy (non-hydrogen) atoms. The van der Waals surface area contributed by atoms with Crippen molar-refractivity contribution in [2.24, 2.45) is 11.8 Å². The van der Waals surface area contributed by atoms with Crippen LogP contribution in [0.1, 0.15) is 37.8 Å². The molecule has 0 bridgehead atoms. The predicted octanol–water partition coefficient (Wildman–Crippen LogP) is 4.28. The molecule has 94 valence electrons. The molecule has 1 nitrogen and oxygen atoms in total. The molecule has 2 rings (SSSR count). The Morgan fingerprint density at radius 1 is 1.41 bits per heavy atom. The fraction of sp³-hybridized carbons (Fsp3) is 0.571. The third-order valence-electron chi connectivity index (χ3n) is 3.98. The van der Waals surface area contributed by atoms with E-state index in [4.69, 9.17) is 0 Å². The number of halogens is 2. The molecule has 1 N–H and O–H groups in total. The van der Waals surface area contributed by atoms with Gasteiger partial charge >= 0.3 is 0 Å². The third-order valence-corrected chi connectivity index (χ3v) is 4.60. The molecular weight excluding hydrogens is 281 g/mol. The summed E-state index contributed by atoms with van der Waals surface area (Å²) < 4.78 is 14.7. The molecule has 3 heteroatoms. The minimum Gasteiger partial charge on any atom is -0.313 e. The van der Waals surface area contributed by atoms with Crippen LogP contribution in [-0.4, -0.2) is 7.05 Å². The van der Waals surface area contributed by atoms with Crippen molar-refractivity contribution in [3.8, 4) is 0 Å². The van der Waals surface area contributed by atoms with Gasteiger partial charge in [-0.1, -0.05) is 31.9 Å². The van der Waals surface area contributed by atoms with E-state index < -0.39 is 0 Å². The van der Waals surface area contributed by atoms with Crippen LogP contribution in [0, 0.1) is 17.7 Å². The van der Waals surface area contributed by atoms with Gasteiger partial charge in [0.25, 0.3) is 0 Å². The Morgan fingerprint density at radius 3 is 2.76 bits per heavy atom. The standard InChI is InChI=1S/C14H19BrFN/c1-9-5-3-6-10(9)14(17-2)11-7-4-8-12(15)13(11)16/h4,7-10,14,17H,3,5-6H2,1-2H3. The summed E-state index contributed by atoms with van der Waals surface area (Å²) >= 11 is 3.26. The maximum absolute atomic E-state index is 14.1. The summed E-state index contributed by atoms with van der Waals surface area (Å²) in [6.45, 7) is 2.28. The smallest absolute Gasteiger partial charge is 0.142 e. The molecule has 0 spiro atoms. The first-order chi connectivity index (χ1) is 8.15. The minimum absolute atomic E-state index is 0.119. The molecule has 1 aliphatic rings. The van der Waals surface area contributed by atoms with Crippen LogP contribution in [0.5, 0.6) is 0 Å². The average molecular weight is 300 g/mol. The maximum atomic E-state index is 14.1. The molecule has 0 radical (unpaired) electrons. The zero-order chi connectivity index (χ0) is 12.4. The van der Waals surface area contributed by atoms with Crippen molar-refractivity contribution in [3.63, 3.8) is 0 Å². The maximum Gasteiger partial charge on any atom is 0.142 e. The first kappa shape index (κ1) is 13.0. The molecule has 1 aromatic carbocycles. The van der Waals surface area contributed by atoms with Crippen molar-refractivity contribution < 1.29 is 4.39 Å². The lowest BCUT2D eigenvalue weighted by Crippen LogP contribution is -2.27. The van der Waals surface area contributed by atoms with Gasteiger partial charge < -0.3 is 5.32 Å². The molecule has 0 aliphatic heterocycles. The second-order valence-corrected chi connectivity index (χ2v) is 5.84. The van der Waals surface area contributed by atoms with Crippen molar-refractivity contribution in [3.05, 3.63) is 34.1 Å². The van der Waals surface area contributed by atoms with Crippen LogP contribution in [0.3, 0.4) is 0 Å². The van der Waals surface area contributed by atoms with Gasteiger partial charge in [-0.15, -0.1) is 0 Å². The number of rotatable bonds is 3. The highest BCUT2D eigenvalue weighted by Crippen LogP contribution is 2.41. The fourth-order valence-corrected chi connectivity index (χ4v) is 3.41. The average Bonchev–Trinajstić information content (AvgIpc) is 2.72. The van der Waals surface area contributed by atoms with Crippen LogP contribution >= 0.6 is 15.9 Å². The Balaban J connectivity index is 2.31. The van der Waals surface area contributed by atoms with E-state index in [1.54, 1.807) is 6.07 Å². The Kier molecular flexibility index (Phi) is 4.21. The van der Waals surface area contributed by atoms with Gasteiger partial charge in [0.2, 0.25) is 0 Å². The summed E-state index contributed by atoms with van der Waals surface area (Å²) in [5, 5.41) is 3.30. The SMILES string of the molecule is CNC(c1cccc(Br)c1F)C1CCCC1C. The van der Waals surface area contributed by atoms with Gasteiger partial charge in [0, 0.05) is 11.6 Å². The fourth-order valence-electron chi connectivity index (χ4n) is 3.03. The van der Waals surface area contributed by atoms with Crippen LogP contribution < -0.4 is 5.32 Å². The Labute approximate surface area is 111 Å².